The number of hydrogen-bond acceptors (Lipinski definition) is 5. The molecule has 0 aromatic carbocycles. The van der Waals surface area contributed by atoms with Crippen LogP contribution in [0.4, 0.5) is 0 Å². The van der Waals surface area contributed by atoms with Crippen molar-refractivity contribution in [3.63, 3.8) is 0 Å². The van der Waals surface area contributed by atoms with E-state index in [1.807, 2.05) is 0 Å². The van der Waals surface area contributed by atoms with Crippen molar-refractivity contribution in [3.05, 3.63) is 12.2 Å². The molecule has 0 aromatic heterocycles. The lowest BCUT2D eigenvalue weighted by molar-refractivity contribution is -0.0730. The molecule has 1 aliphatic rings. The summed E-state index contributed by atoms with van der Waals surface area (Å²) in [5.41, 5.74) is 0. The van der Waals surface area contributed by atoms with Crippen LogP contribution in [0.1, 0.15) is 110 Å². The van der Waals surface area contributed by atoms with E-state index in [2.05, 4.69) is 19.1 Å². The van der Waals surface area contributed by atoms with Gasteiger partial charge in [-0.15, -0.1) is 0 Å². The Labute approximate surface area is 191 Å². The predicted molar refractivity (Wildman–Crippen MR) is 127 cm³/mol. The molecule has 5 heteroatoms. The lowest BCUT2D eigenvalue weighted by Gasteiger charge is -2.20. The number of unbranched alkanes of at least 4 members (excludes halogenated alkanes) is 14. The van der Waals surface area contributed by atoms with Crippen LogP contribution in [0.5, 0.6) is 0 Å². The first-order valence-corrected chi connectivity index (χ1v) is 13.1. The lowest BCUT2D eigenvalue weighted by Crippen LogP contribution is -2.41. The largest absolute Gasteiger partial charge is 0.394 e. The minimum Gasteiger partial charge on any atom is -0.394 e. The van der Waals surface area contributed by atoms with Crippen molar-refractivity contribution in [2.45, 2.75) is 134 Å². The fourth-order valence-electron chi connectivity index (χ4n) is 4.14. The van der Waals surface area contributed by atoms with E-state index >= 15 is 0 Å². The van der Waals surface area contributed by atoms with Crippen molar-refractivity contribution in [1.29, 1.82) is 0 Å². The van der Waals surface area contributed by atoms with E-state index in [-0.39, 0.29) is 6.61 Å². The van der Waals surface area contributed by atoms with E-state index in [0.717, 1.165) is 12.8 Å². The first kappa shape index (κ1) is 28.6. The Kier molecular flexibility index (Phi) is 18.6. The molecule has 0 aromatic rings. The van der Waals surface area contributed by atoms with Crippen LogP contribution in [0.15, 0.2) is 12.2 Å². The zero-order chi connectivity index (χ0) is 22.6. The van der Waals surface area contributed by atoms with Gasteiger partial charge < -0.3 is 24.8 Å². The number of allylic oxidation sites excluding steroid dienone is 2. The molecular weight excluding hydrogens is 392 g/mol. The van der Waals surface area contributed by atoms with Crippen LogP contribution in [0.25, 0.3) is 0 Å². The highest BCUT2D eigenvalue weighted by atomic mass is 16.6. The van der Waals surface area contributed by atoms with E-state index < -0.39 is 31.0 Å². The van der Waals surface area contributed by atoms with Gasteiger partial charge in [0, 0.05) is 6.61 Å². The van der Waals surface area contributed by atoms with Crippen molar-refractivity contribution in [2.75, 3.05) is 19.8 Å². The van der Waals surface area contributed by atoms with Gasteiger partial charge in [-0.2, -0.15) is 0 Å². The Morgan fingerprint density at radius 1 is 0.839 bits per heavy atom. The standard InChI is InChI=1S/C26H50O5/c1-2-3-4-5-6-7-8-9-10-11-12-13-14-15-16-17-18-19-20-30-24-22-31-26(25(24)29)23(28)21-27/h7-8,23-29H,2-6,9-22H2,1H3/b8-7+/t23-,24+,25+,26+/m0/s1. The zero-order valence-corrected chi connectivity index (χ0v) is 20.1. The number of ether oxygens (including phenoxy) is 2. The summed E-state index contributed by atoms with van der Waals surface area (Å²) in [6.07, 6.45) is 22.4. The molecule has 1 fully saturated rings. The maximum absolute atomic E-state index is 10.1. The van der Waals surface area contributed by atoms with Gasteiger partial charge in [0.05, 0.1) is 13.2 Å². The summed E-state index contributed by atoms with van der Waals surface area (Å²) in [6.45, 7) is 2.74. The molecule has 0 spiro atoms. The molecular formula is C26H50O5. The second kappa shape index (κ2) is 20.2. The summed E-state index contributed by atoms with van der Waals surface area (Å²) >= 11 is 0. The summed E-state index contributed by atoms with van der Waals surface area (Å²) < 4.78 is 11.0. The van der Waals surface area contributed by atoms with Gasteiger partial charge >= 0.3 is 0 Å². The van der Waals surface area contributed by atoms with Crippen LogP contribution < -0.4 is 0 Å². The van der Waals surface area contributed by atoms with Crippen molar-refractivity contribution in [1.82, 2.24) is 0 Å². The zero-order valence-electron chi connectivity index (χ0n) is 20.1. The van der Waals surface area contributed by atoms with Gasteiger partial charge in [-0.05, 0) is 32.1 Å². The van der Waals surface area contributed by atoms with Gasteiger partial charge in [0.1, 0.15) is 24.4 Å². The van der Waals surface area contributed by atoms with Crippen LogP contribution in [-0.4, -0.2) is 59.6 Å². The van der Waals surface area contributed by atoms with Crippen LogP contribution in [-0.2, 0) is 9.47 Å². The minimum atomic E-state index is -1.05. The van der Waals surface area contributed by atoms with Crippen molar-refractivity contribution in [2.24, 2.45) is 0 Å². The van der Waals surface area contributed by atoms with Gasteiger partial charge in [-0.3, -0.25) is 0 Å². The predicted octanol–water partition coefficient (Wildman–Crippen LogP) is 5.30. The van der Waals surface area contributed by atoms with Gasteiger partial charge in [-0.25, -0.2) is 0 Å². The Hall–Kier alpha value is -0.460. The summed E-state index contributed by atoms with van der Waals surface area (Å²) in [6, 6.07) is 0. The van der Waals surface area contributed by atoms with Gasteiger partial charge in [0.2, 0.25) is 0 Å². The molecule has 0 bridgehead atoms. The van der Waals surface area contributed by atoms with Crippen LogP contribution in [0, 0.1) is 0 Å². The third kappa shape index (κ3) is 14.3. The highest BCUT2D eigenvalue weighted by Crippen LogP contribution is 2.20. The molecule has 184 valence electrons. The average molecular weight is 443 g/mol. The molecule has 0 amide bonds. The minimum absolute atomic E-state index is 0.276. The maximum atomic E-state index is 10.1. The SMILES string of the molecule is CCCCCC/C=C/CCCCCCCCCCCCO[C@@H]1CO[C@H]([C@@H](O)CO)[C@@H]1O. The van der Waals surface area contributed by atoms with Gasteiger partial charge in [0.15, 0.2) is 0 Å². The average Bonchev–Trinajstić information content (AvgIpc) is 3.15. The van der Waals surface area contributed by atoms with Crippen LogP contribution in [0.3, 0.4) is 0 Å². The molecule has 4 atom stereocenters. The monoisotopic (exact) mass is 442 g/mol. The number of hydrogen-bond donors (Lipinski definition) is 3. The number of rotatable bonds is 21. The highest BCUT2D eigenvalue weighted by molar-refractivity contribution is 4.88. The second-order valence-corrected chi connectivity index (χ2v) is 9.09. The molecule has 3 N–H and O–H groups in total. The fourth-order valence-corrected chi connectivity index (χ4v) is 4.14. The molecule has 1 aliphatic heterocycles. The quantitative estimate of drug-likeness (QED) is 0.166. The summed E-state index contributed by atoms with van der Waals surface area (Å²) in [5, 5.41) is 28.6. The van der Waals surface area contributed by atoms with Crippen molar-refractivity contribution < 1.29 is 24.8 Å². The fraction of sp³-hybridized carbons (Fsp3) is 0.923. The van der Waals surface area contributed by atoms with E-state index in [4.69, 9.17) is 14.6 Å². The third-order valence-corrected chi connectivity index (χ3v) is 6.22. The van der Waals surface area contributed by atoms with E-state index in [1.165, 1.54) is 89.9 Å². The van der Waals surface area contributed by atoms with Crippen LogP contribution in [0.2, 0.25) is 0 Å². The van der Waals surface area contributed by atoms with Crippen molar-refractivity contribution >= 4 is 0 Å². The first-order valence-electron chi connectivity index (χ1n) is 13.1. The third-order valence-electron chi connectivity index (χ3n) is 6.22. The van der Waals surface area contributed by atoms with Crippen molar-refractivity contribution in [3.8, 4) is 0 Å². The van der Waals surface area contributed by atoms with E-state index in [1.54, 1.807) is 0 Å². The normalized spacial score (nSPS) is 22.5. The molecule has 31 heavy (non-hydrogen) atoms. The molecule has 1 saturated heterocycles. The Morgan fingerprint density at radius 3 is 1.90 bits per heavy atom. The smallest absolute Gasteiger partial charge is 0.114 e. The second-order valence-electron chi connectivity index (χ2n) is 9.09. The molecule has 1 rings (SSSR count). The number of aliphatic hydroxyl groups is 3. The molecule has 1 heterocycles. The Morgan fingerprint density at radius 2 is 1.35 bits per heavy atom. The molecule has 0 radical (unpaired) electrons. The Balaban J connectivity index is 1.79. The highest BCUT2D eigenvalue weighted by Gasteiger charge is 2.40. The molecule has 5 nitrogen and oxygen atoms in total. The first-order chi connectivity index (χ1) is 15.2. The topological polar surface area (TPSA) is 79.2 Å². The van der Waals surface area contributed by atoms with Gasteiger partial charge in [0.25, 0.3) is 0 Å². The summed E-state index contributed by atoms with van der Waals surface area (Å²) in [7, 11) is 0. The lowest BCUT2D eigenvalue weighted by atomic mass is 10.1. The van der Waals surface area contributed by atoms with E-state index in [0.29, 0.717) is 6.61 Å². The molecule has 0 aliphatic carbocycles. The molecule has 0 unspecified atom stereocenters. The maximum Gasteiger partial charge on any atom is 0.114 e. The van der Waals surface area contributed by atoms with Gasteiger partial charge in [-0.1, -0.05) is 89.7 Å². The summed E-state index contributed by atoms with van der Waals surface area (Å²) in [5.74, 6) is 0. The Bertz CT molecular complexity index is 415. The van der Waals surface area contributed by atoms with E-state index in [9.17, 15) is 10.2 Å². The summed E-state index contributed by atoms with van der Waals surface area (Å²) in [4.78, 5) is 0. The number of aliphatic hydroxyl groups excluding tert-OH is 3. The molecule has 0 saturated carbocycles. The van der Waals surface area contributed by atoms with Crippen LogP contribution >= 0.6 is 0 Å².